The standard InChI is InChI=1S/C22H25N3O3/c1-16-23-12-13-25(16)19-7-5-4-6-18(19)15-24-22(26)11-9-17-8-10-20(27-2)21(14-17)28-3/h4-8,10,12-14H,9,11,15H2,1-3H3,(H,24,26). The highest BCUT2D eigenvalue weighted by atomic mass is 16.5. The van der Waals surface area contributed by atoms with Crippen molar-refractivity contribution in [3.8, 4) is 17.2 Å². The Balaban J connectivity index is 1.59. The number of rotatable bonds is 8. The van der Waals surface area contributed by atoms with Gasteiger partial charge in [0, 0.05) is 25.4 Å². The predicted octanol–water partition coefficient (Wildman–Crippen LogP) is 3.45. The van der Waals surface area contributed by atoms with Gasteiger partial charge in [0.15, 0.2) is 11.5 Å². The predicted molar refractivity (Wildman–Crippen MR) is 108 cm³/mol. The molecule has 0 atom stereocenters. The fraction of sp³-hybridized carbons (Fsp3) is 0.273. The second-order valence-corrected chi connectivity index (χ2v) is 6.44. The molecule has 6 heteroatoms. The molecule has 0 aliphatic heterocycles. The summed E-state index contributed by atoms with van der Waals surface area (Å²) < 4.78 is 12.6. The molecule has 0 spiro atoms. The number of benzene rings is 2. The van der Waals surface area contributed by atoms with Crippen LogP contribution in [0.4, 0.5) is 0 Å². The van der Waals surface area contributed by atoms with Crippen molar-refractivity contribution in [3.05, 3.63) is 71.8 Å². The summed E-state index contributed by atoms with van der Waals surface area (Å²) in [4.78, 5) is 16.6. The van der Waals surface area contributed by atoms with Gasteiger partial charge >= 0.3 is 0 Å². The quantitative estimate of drug-likeness (QED) is 0.651. The van der Waals surface area contributed by atoms with Crippen molar-refractivity contribution in [2.24, 2.45) is 0 Å². The van der Waals surface area contributed by atoms with E-state index >= 15 is 0 Å². The molecule has 1 N–H and O–H groups in total. The van der Waals surface area contributed by atoms with Crippen LogP contribution in [0.15, 0.2) is 54.9 Å². The Kier molecular flexibility index (Phi) is 6.32. The summed E-state index contributed by atoms with van der Waals surface area (Å²) >= 11 is 0. The number of imidazole rings is 1. The molecule has 1 heterocycles. The molecule has 146 valence electrons. The summed E-state index contributed by atoms with van der Waals surface area (Å²) in [5, 5.41) is 3.01. The zero-order valence-electron chi connectivity index (χ0n) is 16.4. The van der Waals surface area contributed by atoms with Crippen molar-refractivity contribution in [3.63, 3.8) is 0 Å². The molecule has 0 saturated carbocycles. The van der Waals surface area contributed by atoms with Crippen molar-refractivity contribution >= 4 is 5.91 Å². The van der Waals surface area contributed by atoms with Gasteiger partial charge in [-0.05, 0) is 42.7 Å². The first-order valence-corrected chi connectivity index (χ1v) is 9.18. The minimum Gasteiger partial charge on any atom is -0.493 e. The number of amides is 1. The van der Waals surface area contributed by atoms with Gasteiger partial charge < -0.3 is 19.4 Å². The van der Waals surface area contributed by atoms with Crippen LogP contribution in [0.5, 0.6) is 11.5 Å². The van der Waals surface area contributed by atoms with Crippen LogP contribution in [0.2, 0.25) is 0 Å². The molecule has 0 aliphatic rings. The molecule has 0 fully saturated rings. The van der Waals surface area contributed by atoms with Crippen molar-refractivity contribution < 1.29 is 14.3 Å². The van der Waals surface area contributed by atoms with E-state index < -0.39 is 0 Å². The number of hydrogen-bond acceptors (Lipinski definition) is 4. The molecule has 3 rings (SSSR count). The van der Waals surface area contributed by atoms with Gasteiger partial charge in [-0.2, -0.15) is 0 Å². The maximum absolute atomic E-state index is 12.3. The maximum Gasteiger partial charge on any atom is 0.220 e. The Morgan fingerprint density at radius 2 is 1.89 bits per heavy atom. The van der Waals surface area contributed by atoms with E-state index in [9.17, 15) is 4.79 Å². The van der Waals surface area contributed by atoms with E-state index in [0.29, 0.717) is 30.9 Å². The Hall–Kier alpha value is -3.28. The zero-order valence-corrected chi connectivity index (χ0v) is 16.4. The summed E-state index contributed by atoms with van der Waals surface area (Å²) in [7, 11) is 3.21. The van der Waals surface area contributed by atoms with Gasteiger partial charge in [0.25, 0.3) is 0 Å². The van der Waals surface area contributed by atoms with Crippen molar-refractivity contribution in [2.45, 2.75) is 26.3 Å². The van der Waals surface area contributed by atoms with Crippen LogP contribution in [0, 0.1) is 6.92 Å². The van der Waals surface area contributed by atoms with Crippen LogP contribution in [0.3, 0.4) is 0 Å². The summed E-state index contributed by atoms with van der Waals surface area (Å²) in [6.07, 6.45) is 4.73. The van der Waals surface area contributed by atoms with E-state index in [-0.39, 0.29) is 5.91 Å². The smallest absolute Gasteiger partial charge is 0.220 e. The molecule has 6 nitrogen and oxygen atoms in total. The van der Waals surface area contributed by atoms with Gasteiger partial charge in [-0.15, -0.1) is 0 Å². The van der Waals surface area contributed by atoms with Crippen LogP contribution >= 0.6 is 0 Å². The molecule has 0 unspecified atom stereocenters. The minimum absolute atomic E-state index is 0.00643. The van der Waals surface area contributed by atoms with Gasteiger partial charge in [-0.1, -0.05) is 24.3 Å². The molecule has 2 aromatic carbocycles. The number of nitrogens with zero attached hydrogens (tertiary/aromatic N) is 2. The lowest BCUT2D eigenvalue weighted by molar-refractivity contribution is -0.121. The number of ether oxygens (including phenoxy) is 2. The lowest BCUT2D eigenvalue weighted by Gasteiger charge is -2.13. The lowest BCUT2D eigenvalue weighted by Crippen LogP contribution is -2.23. The van der Waals surface area contributed by atoms with Gasteiger partial charge in [-0.25, -0.2) is 4.98 Å². The fourth-order valence-corrected chi connectivity index (χ4v) is 3.10. The number of methoxy groups -OCH3 is 2. The fourth-order valence-electron chi connectivity index (χ4n) is 3.10. The first-order chi connectivity index (χ1) is 13.6. The van der Waals surface area contributed by atoms with Gasteiger partial charge in [0.05, 0.1) is 19.9 Å². The largest absolute Gasteiger partial charge is 0.493 e. The molecule has 0 bridgehead atoms. The summed E-state index contributed by atoms with van der Waals surface area (Å²) in [5.74, 6) is 2.27. The Labute approximate surface area is 165 Å². The van der Waals surface area contributed by atoms with E-state index in [2.05, 4.69) is 10.3 Å². The highest BCUT2D eigenvalue weighted by Gasteiger charge is 2.09. The van der Waals surface area contributed by atoms with E-state index in [4.69, 9.17) is 9.47 Å². The van der Waals surface area contributed by atoms with Gasteiger partial charge in [0.2, 0.25) is 5.91 Å². The molecule has 1 amide bonds. The van der Waals surface area contributed by atoms with E-state index in [0.717, 1.165) is 22.6 Å². The Morgan fingerprint density at radius 1 is 1.11 bits per heavy atom. The van der Waals surface area contributed by atoms with Crippen LogP contribution in [-0.4, -0.2) is 29.7 Å². The first-order valence-electron chi connectivity index (χ1n) is 9.18. The molecular formula is C22H25N3O3. The molecule has 3 aromatic rings. The average Bonchev–Trinajstić information content (AvgIpc) is 3.16. The first kappa shape index (κ1) is 19.5. The number of aryl methyl sites for hydroxylation is 2. The number of aromatic nitrogens is 2. The molecule has 28 heavy (non-hydrogen) atoms. The van der Waals surface area contributed by atoms with Crippen LogP contribution in [-0.2, 0) is 17.8 Å². The highest BCUT2D eigenvalue weighted by molar-refractivity contribution is 5.76. The molecule has 0 saturated heterocycles. The van der Waals surface area contributed by atoms with Crippen molar-refractivity contribution in [1.29, 1.82) is 0 Å². The topological polar surface area (TPSA) is 65.4 Å². The van der Waals surface area contributed by atoms with E-state index in [1.807, 2.05) is 60.2 Å². The van der Waals surface area contributed by atoms with Crippen LogP contribution in [0.1, 0.15) is 23.4 Å². The third-order valence-electron chi connectivity index (χ3n) is 4.64. The number of carbonyl (C=O) groups is 1. The van der Waals surface area contributed by atoms with Crippen molar-refractivity contribution in [2.75, 3.05) is 14.2 Å². The Bertz CT molecular complexity index is 950. The summed E-state index contributed by atoms with van der Waals surface area (Å²) in [6.45, 7) is 2.43. The third-order valence-corrected chi connectivity index (χ3v) is 4.64. The number of carbonyl (C=O) groups excluding carboxylic acids is 1. The SMILES string of the molecule is COc1ccc(CCC(=O)NCc2ccccc2-n2ccnc2C)cc1OC. The van der Waals surface area contributed by atoms with Crippen LogP contribution in [0.25, 0.3) is 5.69 Å². The molecular weight excluding hydrogens is 354 g/mol. The average molecular weight is 379 g/mol. The third kappa shape index (κ3) is 4.52. The second-order valence-electron chi connectivity index (χ2n) is 6.44. The minimum atomic E-state index is 0.00643. The molecule has 0 aliphatic carbocycles. The number of para-hydroxylation sites is 1. The van der Waals surface area contributed by atoms with Crippen molar-refractivity contribution in [1.82, 2.24) is 14.9 Å². The van der Waals surface area contributed by atoms with E-state index in [1.54, 1.807) is 20.4 Å². The van der Waals surface area contributed by atoms with Crippen LogP contribution < -0.4 is 14.8 Å². The summed E-state index contributed by atoms with van der Waals surface area (Å²) in [5.41, 5.74) is 3.10. The highest BCUT2D eigenvalue weighted by Crippen LogP contribution is 2.28. The summed E-state index contributed by atoms with van der Waals surface area (Å²) in [6, 6.07) is 13.7. The number of nitrogens with one attached hydrogen (secondary N) is 1. The van der Waals surface area contributed by atoms with Gasteiger partial charge in [-0.3, -0.25) is 4.79 Å². The zero-order chi connectivity index (χ0) is 19.9. The molecule has 1 aromatic heterocycles. The molecule has 0 radical (unpaired) electrons. The second kappa shape index (κ2) is 9.08. The lowest BCUT2D eigenvalue weighted by atomic mass is 10.1. The monoisotopic (exact) mass is 379 g/mol. The number of hydrogen-bond donors (Lipinski definition) is 1. The van der Waals surface area contributed by atoms with E-state index in [1.165, 1.54) is 0 Å². The van der Waals surface area contributed by atoms with Gasteiger partial charge in [0.1, 0.15) is 5.82 Å². The Morgan fingerprint density at radius 3 is 2.61 bits per heavy atom. The maximum atomic E-state index is 12.3. The normalized spacial score (nSPS) is 10.5.